The molecular formula is C62H117N2O7P. The molecule has 3 atom stereocenters. The van der Waals surface area contributed by atoms with Gasteiger partial charge in [-0.25, -0.2) is 0 Å². The number of nitrogens with zero attached hydrogens (tertiary/aromatic N) is 1. The van der Waals surface area contributed by atoms with Crippen molar-refractivity contribution < 1.29 is 37.3 Å². The lowest BCUT2D eigenvalue weighted by atomic mass is 10.0. The number of esters is 1. The number of phosphoric acid groups is 1. The van der Waals surface area contributed by atoms with Crippen molar-refractivity contribution in [3.05, 3.63) is 48.6 Å². The maximum Gasteiger partial charge on any atom is 0.306 e. The minimum absolute atomic E-state index is 0.0225. The first-order valence-electron chi connectivity index (χ1n) is 30.4. The Morgan fingerprint density at radius 3 is 1.29 bits per heavy atom. The number of rotatable bonds is 55. The second-order valence-corrected chi connectivity index (χ2v) is 23.3. The first kappa shape index (κ1) is 70.0. The summed E-state index contributed by atoms with van der Waals surface area (Å²) in [4.78, 5) is 39.9. The molecule has 0 radical (unpaired) electrons. The van der Waals surface area contributed by atoms with Crippen molar-refractivity contribution in [1.29, 1.82) is 0 Å². The molecule has 0 spiro atoms. The van der Waals surface area contributed by atoms with Crippen molar-refractivity contribution in [3.63, 3.8) is 0 Å². The number of unbranched alkanes of at least 4 members (excludes halogenated alkanes) is 33. The van der Waals surface area contributed by atoms with Gasteiger partial charge in [-0.05, 0) is 70.3 Å². The van der Waals surface area contributed by atoms with Crippen LogP contribution in [-0.4, -0.2) is 69.4 Å². The van der Waals surface area contributed by atoms with E-state index < -0.39 is 20.0 Å². The number of quaternary nitrogens is 1. The van der Waals surface area contributed by atoms with Crippen molar-refractivity contribution in [2.45, 2.75) is 296 Å². The molecule has 0 aromatic rings. The van der Waals surface area contributed by atoms with E-state index in [1.165, 1.54) is 167 Å². The molecule has 0 rings (SSSR count). The van der Waals surface area contributed by atoms with E-state index in [1.54, 1.807) is 0 Å². The Bertz CT molecular complexity index is 1380. The first-order chi connectivity index (χ1) is 34.9. The Morgan fingerprint density at radius 1 is 0.486 bits per heavy atom. The van der Waals surface area contributed by atoms with Crippen LogP contribution in [0.15, 0.2) is 48.6 Å². The van der Waals surface area contributed by atoms with Crippen LogP contribution in [0.1, 0.15) is 284 Å². The highest BCUT2D eigenvalue weighted by molar-refractivity contribution is 7.45. The molecule has 0 aromatic heterocycles. The van der Waals surface area contributed by atoms with Crippen LogP contribution in [0.4, 0.5) is 0 Å². The van der Waals surface area contributed by atoms with Gasteiger partial charge < -0.3 is 28.5 Å². The van der Waals surface area contributed by atoms with Gasteiger partial charge in [-0.3, -0.25) is 14.2 Å². The molecule has 0 aliphatic heterocycles. The maximum absolute atomic E-state index is 13.5. The van der Waals surface area contributed by atoms with Crippen molar-refractivity contribution in [2.24, 2.45) is 0 Å². The molecule has 10 heteroatoms. The molecule has 0 saturated carbocycles. The fourth-order valence-corrected chi connectivity index (χ4v) is 9.49. The van der Waals surface area contributed by atoms with Crippen LogP contribution in [0.2, 0.25) is 0 Å². The third-order valence-corrected chi connectivity index (χ3v) is 14.5. The topological polar surface area (TPSA) is 114 Å². The van der Waals surface area contributed by atoms with E-state index in [4.69, 9.17) is 13.8 Å². The summed E-state index contributed by atoms with van der Waals surface area (Å²) in [5, 5.41) is 3.02. The second-order valence-electron chi connectivity index (χ2n) is 21.9. The van der Waals surface area contributed by atoms with Gasteiger partial charge in [0.1, 0.15) is 19.3 Å². The Balaban J connectivity index is 5.21. The van der Waals surface area contributed by atoms with Gasteiger partial charge in [0.2, 0.25) is 5.91 Å². The summed E-state index contributed by atoms with van der Waals surface area (Å²) < 4.78 is 30.3. The van der Waals surface area contributed by atoms with Gasteiger partial charge in [0, 0.05) is 12.8 Å². The van der Waals surface area contributed by atoms with E-state index in [1.807, 2.05) is 33.3 Å². The zero-order valence-corrected chi connectivity index (χ0v) is 49.0. The van der Waals surface area contributed by atoms with Crippen LogP contribution in [0.25, 0.3) is 0 Å². The Kier molecular flexibility index (Phi) is 50.9. The van der Waals surface area contributed by atoms with Crippen LogP contribution >= 0.6 is 7.82 Å². The second kappa shape index (κ2) is 52.4. The molecule has 0 bridgehead atoms. The van der Waals surface area contributed by atoms with Gasteiger partial charge in [0.15, 0.2) is 0 Å². The van der Waals surface area contributed by atoms with E-state index in [2.05, 4.69) is 62.5 Å². The van der Waals surface area contributed by atoms with Crippen LogP contribution in [0, 0.1) is 0 Å². The number of carbonyl (C=O) groups is 2. The average Bonchev–Trinajstić information content (AvgIpc) is 3.34. The molecule has 422 valence electrons. The van der Waals surface area contributed by atoms with Crippen LogP contribution in [0.3, 0.4) is 0 Å². The number of carbonyl (C=O) groups excluding carboxylic acids is 2. The molecule has 9 nitrogen and oxygen atoms in total. The van der Waals surface area contributed by atoms with Crippen molar-refractivity contribution >= 4 is 19.7 Å². The zero-order chi connectivity index (χ0) is 52.9. The number of amides is 1. The lowest BCUT2D eigenvalue weighted by Crippen LogP contribution is -2.47. The Morgan fingerprint density at radius 2 is 0.847 bits per heavy atom. The van der Waals surface area contributed by atoms with Crippen molar-refractivity contribution in [1.82, 2.24) is 5.32 Å². The van der Waals surface area contributed by atoms with Gasteiger partial charge in [0.05, 0.1) is 33.8 Å². The number of hydrogen-bond donors (Lipinski definition) is 1. The van der Waals surface area contributed by atoms with Gasteiger partial charge in [0.25, 0.3) is 7.82 Å². The predicted molar refractivity (Wildman–Crippen MR) is 307 cm³/mol. The van der Waals surface area contributed by atoms with E-state index in [0.29, 0.717) is 17.4 Å². The molecular weight excluding hydrogens is 916 g/mol. The van der Waals surface area contributed by atoms with Crippen molar-refractivity contribution in [3.8, 4) is 0 Å². The summed E-state index contributed by atoms with van der Waals surface area (Å²) >= 11 is 0. The van der Waals surface area contributed by atoms with E-state index >= 15 is 0 Å². The SMILES string of the molecule is CCCCC/C=C\C/C=C\C/C=C\CCCCCCCCCCC(=O)OC(/C=C/CCCCCCCCCCC)C(COP(=O)([O-])OCC[N+](C)(C)C)NC(=O)CCCCCCCCCCCCCCCC. The molecule has 3 unspecified atom stereocenters. The minimum atomic E-state index is -4.69. The molecule has 0 aromatic carbocycles. The lowest BCUT2D eigenvalue weighted by Gasteiger charge is -2.30. The highest BCUT2D eigenvalue weighted by Crippen LogP contribution is 2.38. The lowest BCUT2D eigenvalue weighted by molar-refractivity contribution is -0.870. The molecule has 0 saturated heterocycles. The molecule has 1 N–H and O–H groups in total. The monoisotopic (exact) mass is 1030 g/mol. The van der Waals surface area contributed by atoms with E-state index in [0.717, 1.165) is 83.5 Å². The smallest absolute Gasteiger partial charge is 0.306 e. The van der Waals surface area contributed by atoms with Gasteiger partial charge in [-0.1, -0.05) is 250 Å². The van der Waals surface area contributed by atoms with Crippen LogP contribution < -0.4 is 10.2 Å². The summed E-state index contributed by atoms with van der Waals surface area (Å²) in [6, 6.07) is -0.888. The molecule has 72 heavy (non-hydrogen) atoms. The third-order valence-electron chi connectivity index (χ3n) is 13.5. The number of ether oxygens (including phenoxy) is 1. The van der Waals surface area contributed by atoms with Gasteiger partial charge >= 0.3 is 5.97 Å². The fraction of sp³-hybridized carbons (Fsp3) is 0.839. The quantitative estimate of drug-likeness (QED) is 0.0212. The van der Waals surface area contributed by atoms with Gasteiger partial charge in [-0.2, -0.15) is 0 Å². The number of allylic oxidation sites excluding steroid dienone is 7. The number of nitrogens with one attached hydrogen (secondary N) is 1. The molecule has 0 aliphatic carbocycles. The largest absolute Gasteiger partial charge is 0.756 e. The molecule has 0 aliphatic rings. The molecule has 1 amide bonds. The van der Waals surface area contributed by atoms with Crippen LogP contribution in [-0.2, 0) is 27.9 Å². The van der Waals surface area contributed by atoms with E-state index in [9.17, 15) is 19.0 Å². The summed E-state index contributed by atoms with van der Waals surface area (Å²) in [5.74, 6) is -0.541. The Hall–Kier alpha value is -2.03. The number of phosphoric ester groups is 1. The highest BCUT2D eigenvalue weighted by Gasteiger charge is 2.27. The van der Waals surface area contributed by atoms with Crippen LogP contribution in [0.5, 0.6) is 0 Å². The summed E-state index contributed by atoms with van der Waals surface area (Å²) in [7, 11) is 1.19. The van der Waals surface area contributed by atoms with E-state index in [-0.39, 0.29) is 31.5 Å². The zero-order valence-electron chi connectivity index (χ0n) is 48.1. The standard InChI is InChI=1S/C62H117N2O7P/c1-7-10-13-16-19-22-25-27-29-30-31-32-33-34-35-37-40-43-46-49-52-55-62(66)71-60(53-50-47-44-41-38-24-21-18-15-12-9-3)59(58-70-72(67,68)69-57-56-64(4,5)6)63-61(65)54-51-48-45-42-39-36-28-26-23-20-17-14-11-8-2/h19,22,27,29,31-32,50,53,59-60H,7-18,20-21,23-26,28,30,33-49,51-52,54-58H2,1-6H3,(H-,63,65,67,68)/b22-19-,29-27-,32-31-,53-50+. The Labute approximate surface area is 446 Å². The number of hydrogen-bond acceptors (Lipinski definition) is 7. The van der Waals surface area contributed by atoms with Gasteiger partial charge in [-0.15, -0.1) is 0 Å². The third kappa shape index (κ3) is 52.8. The fourth-order valence-electron chi connectivity index (χ4n) is 8.76. The summed E-state index contributed by atoms with van der Waals surface area (Å²) in [6.45, 7) is 6.82. The molecule has 0 fully saturated rings. The predicted octanol–water partition coefficient (Wildman–Crippen LogP) is 17.9. The maximum atomic E-state index is 13.5. The highest BCUT2D eigenvalue weighted by atomic mass is 31.2. The minimum Gasteiger partial charge on any atom is -0.756 e. The first-order valence-corrected chi connectivity index (χ1v) is 31.9. The average molecular weight is 1030 g/mol. The van der Waals surface area contributed by atoms with Crippen molar-refractivity contribution in [2.75, 3.05) is 40.9 Å². The number of likely N-dealkylation sites (N-methyl/N-ethyl adjacent to an activating group) is 1. The summed E-state index contributed by atoms with van der Waals surface area (Å²) in [5.41, 5.74) is 0. The molecule has 0 heterocycles. The normalized spacial score (nSPS) is 14.0. The summed E-state index contributed by atoms with van der Waals surface area (Å²) in [6.07, 6.45) is 63.5.